The minimum Gasteiger partial charge on any atom is -0.477 e. The van der Waals surface area contributed by atoms with Crippen LogP contribution >= 0.6 is 0 Å². The summed E-state index contributed by atoms with van der Waals surface area (Å²) >= 11 is 0. The molecule has 0 amide bonds. The van der Waals surface area contributed by atoms with Crippen molar-refractivity contribution in [2.75, 3.05) is 0 Å². The Morgan fingerprint density at radius 3 is 2.74 bits per heavy atom. The summed E-state index contributed by atoms with van der Waals surface area (Å²) in [6.45, 7) is 0. The van der Waals surface area contributed by atoms with Crippen LogP contribution in [0.15, 0.2) is 30.5 Å². The van der Waals surface area contributed by atoms with E-state index in [0.717, 1.165) is 24.4 Å². The molecule has 1 aromatic heterocycles. The minimum absolute atomic E-state index is 0.137. The van der Waals surface area contributed by atoms with Crippen LogP contribution in [0.1, 0.15) is 15.9 Å². The molecule has 0 fully saturated rings. The summed E-state index contributed by atoms with van der Waals surface area (Å²) in [6.07, 6.45) is -3.49. The minimum atomic E-state index is -4.50. The van der Waals surface area contributed by atoms with Gasteiger partial charge in [0.05, 0.1) is 11.8 Å². The SMILES string of the molecule is O=C(O)c1cn[nH]c1Oc1cccc(C(F)(F)F)c1. The van der Waals surface area contributed by atoms with Crippen LogP contribution in [0, 0.1) is 0 Å². The van der Waals surface area contributed by atoms with Gasteiger partial charge < -0.3 is 9.84 Å². The van der Waals surface area contributed by atoms with Crippen LogP contribution < -0.4 is 4.74 Å². The fourth-order valence-corrected chi connectivity index (χ4v) is 1.36. The molecule has 2 rings (SSSR count). The Morgan fingerprint density at radius 2 is 2.11 bits per heavy atom. The number of aromatic amines is 1. The van der Waals surface area contributed by atoms with E-state index < -0.39 is 17.7 Å². The molecule has 0 aliphatic carbocycles. The fraction of sp³-hybridized carbons (Fsp3) is 0.0909. The average Bonchev–Trinajstić information content (AvgIpc) is 2.76. The molecule has 0 saturated heterocycles. The quantitative estimate of drug-likeness (QED) is 0.900. The average molecular weight is 272 g/mol. The lowest BCUT2D eigenvalue weighted by molar-refractivity contribution is -0.137. The highest BCUT2D eigenvalue weighted by Gasteiger charge is 2.30. The number of carboxylic acid groups (broad SMARTS) is 1. The Hall–Kier alpha value is -2.51. The molecule has 0 aliphatic rings. The summed E-state index contributed by atoms with van der Waals surface area (Å²) in [5.74, 6) is -1.66. The molecular formula is C11H7F3N2O3. The zero-order valence-electron chi connectivity index (χ0n) is 9.23. The standard InChI is InChI=1S/C11H7F3N2O3/c12-11(13,14)6-2-1-3-7(4-6)19-9-8(10(17)18)5-15-16-9/h1-5H,(H,15,16)(H,17,18). The summed E-state index contributed by atoms with van der Waals surface area (Å²) < 4.78 is 42.5. The molecular weight excluding hydrogens is 265 g/mol. The molecule has 2 N–H and O–H groups in total. The Bertz CT molecular complexity index is 607. The lowest BCUT2D eigenvalue weighted by atomic mass is 10.2. The van der Waals surface area contributed by atoms with Gasteiger partial charge in [0.2, 0.25) is 5.88 Å². The molecule has 1 aromatic carbocycles. The lowest BCUT2D eigenvalue weighted by Gasteiger charge is -2.09. The van der Waals surface area contributed by atoms with Crippen molar-refractivity contribution < 1.29 is 27.8 Å². The maximum Gasteiger partial charge on any atom is 0.416 e. The second kappa shape index (κ2) is 4.63. The van der Waals surface area contributed by atoms with E-state index in [9.17, 15) is 18.0 Å². The van der Waals surface area contributed by atoms with E-state index in [1.807, 2.05) is 0 Å². The van der Waals surface area contributed by atoms with Gasteiger partial charge in [0, 0.05) is 0 Å². The first-order chi connectivity index (χ1) is 8.88. The first-order valence-corrected chi connectivity index (χ1v) is 4.99. The first kappa shape index (κ1) is 12.9. The number of carbonyl (C=O) groups is 1. The summed E-state index contributed by atoms with van der Waals surface area (Å²) in [7, 11) is 0. The molecule has 0 bridgehead atoms. The molecule has 5 nitrogen and oxygen atoms in total. The number of aromatic carboxylic acids is 1. The molecule has 100 valence electrons. The van der Waals surface area contributed by atoms with Gasteiger partial charge in [0.25, 0.3) is 0 Å². The number of rotatable bonds is 3. The van der Waals surface area contributed by atoms with Crippen molar-refractivity contribution in [2.24, 2.45) is 0 Å². The van der Waals surface area contributed by atoms with E-state index in [4.69, 9.17) is 9.84 Å². The fourth-order valence-electron chi connectivity index (χ4n) is 1.36. The zero-order valence-corrected chi connectivity index (χ0v) is 9.23. The van der Waals surface area contributed by atoms with Crippen LogP contribution in [0.2, 0.25) is 0 Å². The highest BCUT2D eigenvalue weighted by molar-refractivity contribution is 5.89. The number of nitrogens with zero attached hydrogens (tertiary/aromatic N) is 1. The number of H-pyrrole nitrogens is 1. The molecule has 0 atom stereocenters. The molecule has 0 saturated carbocycles. The van der Waals surface area contributed by atoms with Crippen LogP contribution in [0.25, 0.3) is 0 Å². The van der Waals surface area contributed by atoms with Crippen molar-refractivity contribution >= 4 is 5.97 Å². The maximum absolute atomic E-state index is 12.5. The van der Waals surface area contributed by atoms with Crippen LogP contribution in [0.3, 0.4) is 0 Å². The molecule has 1 heterocycles. The Kier molecular flexibility index (Phi) is 3.16. The number of hydrogen-bond donors (Lipinski definition) is 2. The maximum atomic E-state index is 12.5. The van der Waals surface area contributed by atoms with Gasteiger partial charge in [-0.05, 0) is 18.2 Å². The van der Waals surface area contributed by atoms with E-state index >= 15 is 0 Å². The molecule has 0 spiro atoms. The Morgan fingerprint density at radius 1 is 1.37 bits per heavy atom. The predicted octanol–water partition coefficient (Wildman–Crippen LogP) is 2.92. The third kappa shape index (κ3) is 2.84. The first-order valence-electron chi connectivity index (χ1n) is 4.99. The van der Waals surface area contributed by atoms with E-state index in [0.29, 0.717) is 0 Å². The van der Waals surface area contributed by atoms with E-state index in [2.05, 4.69) is 10.2 Å². The summed E-state index contributed by atoms with van der Waals surface area (Å²) in [5.41, 5.74) is -1.15. The number of alkyl halides is 3. The lowest BCUT2D eigenvalue weighted by Crippen LogP contribution is -2.04. The van der Waals surface area contributed by atoms with Crippen LogP contribution in [-0.2, 0) is 6.18 Å². The van der Waals surface area contributed by atoms with E-state index in [1.54, 1.807) is 0 Å². The predicted molar refractivity (Wildman–Crippen MR) is 57.1 cm³/mol. The van der Waals surface area contributed by atoms with Crippen molar-refractivity contribution in [1.82, 2.24) is 10.2 Å². The van der Waals surface area contributed by atoms with Crippen LogP contribution in [-0.4, -0.2) is 21.3 Å². The Balaban J connectivity index is 2.29. The van der Waals surface area contributed by atoms with Gasteiger partial charge in [0.1, 0.15) is 11.3 Å². The van der Waals surface area contributed by atoms with Gasteiger partial charge in [-0.1, -0.05) is 6.07 Å². The zero-order chi connectivity index (χ0) is 14.0. The smallest absolute Gasteiger partial charge is 0.416 e. The van der Waals surface area contributed by atoms with Gasteiger partial charge >= 0.3 is 12.1 Å². The number of ether oxygens (including phenoxy) is 1. The second-order valence-corrected chi connectivity index (χ2v) is 3.55. The highest BCUT2D eigenvalue weighted by atomic mass is 19.4. The van der Waals surface area contributed by atoms with Crippen molar-refractivity contribution in [3.63, 3.8) is 0 Å². The molecule has 0 aliphatic heterocycles. The normalized spacial score (nSPS) is 11.3. The van der Waals surface area contributed by atoms with Crippen LogP contribution in [0.5, 0.6) is 11.6 Å². The number of benzene rings is 1. The van der Waals surface area contributed by atoms with Crippen LogP contribution in [0.4, 0.5) is 13.2 Å². The number of aromatic nitrogens is 2. The number of halogens is 3. The van der Waals surface area contributed by atoms with Gasteiger partial charge in [-0.25, -0.2) is 9.89 Å². The van der Waals surface area contributed by atoms with Gasteiger partial charge in [-0.15, -0.1) is 0 Å². The largest absolute Gasteiger partial charge is 0.477 e. The third-order valence-electron chi connectivity index (χ3n) is 2.22. The molecule has 2 aromatic rings. The monoisotopic (exact) mass is 272 g/mol. The summed E-state index contributed by atoms with van der Waals surface area (Å²) in [5, 5.41) is 14.5. The highest BCUT2D eigenvalue weighted by Crippen LogP contribution is 2.32. The summed E-state index contributed by atoms with van der Waals surface area (Å²) in [4.78, 5) is 10.8. The summed E-state index contributed by atoms with van der Waals surface area (Å²) in [6, 6.07) is 4.10. The van der Waals surface area contributed by atoms with E-state index in [-0.39, 0.29) is 17.2 Å². The molecule has 8 heteroatoms. The number of carboxylic acids is 1. The Labute approximate surface area is 104 Å². The van der Waals surface area contributed by atoms with E-state index in [1.165, 1.54) is 6.07 Å². The number of nitrogens with one attached hydrogen (secondary N) is 1. The van der Waals surface area contributed by atoms with Gasteiger partial charge in [0.15, 0.2) is 0 Å². The van der Waals surface area contributed by atoms with Crippen molar-refractivity contribution in [1.29, 1.82) is 0 Å². The van der Waals surface area contributed by atoms with Crippen molar-refractivity contribution in [3.8, 4) is 11.6 Å². The van der Waals surface area contributed by atoms with Crippen molar-refractivity contribution in [2.45, 2.75) is 6.18 Å². The second-order valence-electron chi connectivity index (χ2n) is 3.55. The van der Waals surface area contributed by atoms with Gasteiger partial charge in [-0.2, -0.15) is 18.3 Å². The molecule has 19 heavy (non-hydrogen) atoms. The third-order valence-corrected chi connectivity index (χ3v) is 2.22. The van der Waals surface area contributed by atoms with Crippen molar-refractivity contribution in [3.05, 3.63) is 41.6 Å². The topological polar surface area (TPSA) is 75.2 Å². The van der Waals surface area contributed by atoms with Gasteiger partial charge in [-0.3, -0.25) is 0 Å². The number of hydrogen-bond acceptors (Lipinski definition) is 3. The molecule has 0 radical (unpaired) electrons. The molecule has 0 unspecified atom stereocenters.